The van der Waals surface area contributed by atoms with Crippen LogP contribution in [0.4, 0.5) is 10.5 Å². The zero-order valence-electron chi connectivity index (χ0n) is 18.5. The van der Waals surface area contributed by atoms with Crippen LogP contribution in [0.25, 0.3) is 0 Å². The van der Waals surface area contributed by atoms with Gasteiger partial charge >= 0.3 is 6.03 Å². The standard InChI is InChI=1S/C25H32N4O2/c1-20(2)22-8-10-23(11-9-22)29-17-16-28(25(29)31)19-24(30)27-14-12-26(13-15-27)18-21-6-4-3-5-7-21/h3-11,20H,12-19H2,1-2H3. The summed E-state index contributed by atoms with van der Waals surface area (Å²) < 4.78 is 0. The van der Waals surface area contributed by atoms with E-state index in [0.29, 0.717) is 32.1 Å². The van der Waals surface area contributed by atoms with Gasteiger partial charge in [0.05, 0.1) is 0 Å². The van der Waals surface area contributed by atoms with Gasteiger partial charge in [0.2, 0.25) is 5.91 Å². The number of amides is 3. The molecule has 3 amide bonds. The summed E-state index contributed by atoms with van der Waals surface area (Å²) in [7, 11) is 0. The summed E-state index contributed by atoms with van der Waals surface area (Å²) >= 11 is 0. The fourth-order valence-electron chi connectivity index (χ4n) is 4.27. The first kappa shape index (κ1) is 21.4. The summed E-state index contributed by atoms with van der Waals surface area (Å²) in [6.07, 6.45) is 0. The number of piperazine rings is 1. The minimum atomic E-state index is -0.0756. The number of nitrogens with zero attached hydrogens (tertiary/aromatic N) is 4. The van der Waals surface area contributed by atoms with E-state index in [1.165, 1.54) is 11.1 Å². The molecular weight excluding hydrogens is 388 g/mol. The number of rotatable bonds is 6. The Morgan fingerprint density at radius 2 is 1.55 bits per heavy atom. The van der Waals surface area contributed by atoms with Crippen molar-refractivity contribution in [3.63, 3.8) is 0 Å². The minimum absolute atomic E-state index is 0.0460. The molecule has 0 unspecified atom stereocenters. The van der Waals surface area contributed by atoms with Crippen LogP contribution in [0.15, 0.2) is 54.6 Å². The SMILES string of the molecule is CC(C)c1ccc(N2CCN(CC(=O)N3CCN(Cc4ccccc4)CC3)C2=O)cc1. The number of hydrogen-bond donors (Lipinski definition) is 0. The molecule has 0 aliphatic carbocycles. The van der Waals surface area contributed by atoms with Gasteiger partial charge in [-0.3, -0.25) is 14.6 Å². The van der Waals surface area contributed by atoms with Crippen molar-refractivity contribution in [1.82, 2.24) is 14.7 Å². The van der Waals surface area contributed by atoms with Gasteiger partial charge in [-0.05, 0) is 29.2 Å². The Morgan fingerprint density at radius 1 is 0.871 bits per heavy atom. The van der Waals surface area contributed by atoms with Gasteiger partial charge in [-0.15, -0.1) is 0 Å². The third-order valence-corrected chi connectivity index (χ3v) is 6.27. The normalized spacial score (nSPS) is 17.6. The van der Waals surface area contributed by atoms with Crippen LogP contribution in [0.3, 0.4) is 0 Å². The molecule has 0 aromatic heterocycles. The van der Waals surface area contributed by atoms with Crippen LogP contribution >= 0.6 is 0 Å². The molecule has 31 heavy (non-hydrogen) atoms. The van der Waals surface area contributed by atoms with Gasteiger partial charge in [-0.2, -0.15) is 0 Å². The van der Waals surface area contributed by atoms with E-state index in [-0.39, 0.29) is 18.5 Å². The van der Waals surface area contributed by atoms with Crippen molar-refractivity contribution >= 4 is 17.6 Å². The summed E-state index contributed by atoms with van der Waals surface area (Å²) in [4.78, 5) is 33.4. The predicted molar refractivity (Wildman–Crippen MR) is 123 cm³/mol. The fourth-order valence-corrected chi connectivity index (χ4v) is 4.27. The van der Waals surface area contributed by atoms with Crippen molar-refractivity contribution in [3.05, 3.63) is 65.7 Å². The van der Waals surface area contributed by atoms with E-state index in [2.05, 4.69) is 55.1 Å². The maximum absolute atomic E-state index is 12.9. The minimum Gasteiger partial charge on any atom is -0.339 e. The monoisotopic (exact) mass is 420 g/mol. The van der Waals surface area contributed by atoms with Crippen molar-refractivity contribution in [2.45, 2.75) is 26.3 Å². The summed E-state index contributed by atoms with van der Waals surface area (Å²) in [6.45, 7) is 9.77. The summed E-state index contributed by atoms with van der Waals surface area (Å²) in [5, 5.41) is 0. The molecule has 4 rings (SSSR count). The Kier molecular flexibility index (Phi) is 6.56. The number of hydrogen-bond acceptors (Lipinski definition) is 3. The molecule has 2 saturated heterocycles. The number of anilines is 1. The van der Waals surface area contributed by atoms with Crippen molar-refractivity contribution in [3.8, 4) is 0 Å². The Morgan fingerprint density at radius 3 is 2.19 bits per heavy atom. The lowest BCUT2D eigenvalue weighted by Gasteiger charge is -2.35. The lowest BCUT2D eigenvalue weighted by atomic mass is 10.0. The second-order valence-electron chi connectivity index (χ2n) is 8.74. The molecule has 2 aromatic rings. The van der Waals surface area contributed by atoms with Crippen LogP contribution in [-0.2, 0) is 11.3 Å². The summed E-state index contributed by atoms with van der Waals surface area (Å²) in [5.41, 5.74) is 3.46. The number of urea groups is 1. The van der Waals surface area contributed by atoms with Crippen molar-refractivity contribution in [2.75, 3.05) is 50.7 Å². The molecule has 2 fully saturated rings. The first-order chi connectivity index (χ1) is 15.0. The third-order valence-electron chi connectivity index (χ3n) is 6.27. The summed E-state index contributed by atoms with van der Waals surface area (Å²) in [5.74, 6) is 0.510. The van der Waals surface area contributed by atoms with Crippen LogP contribution < -0.4 is 4.90 Å². The fraction of sp³-hybridized carbons (Fsp3) is 0.440. The van der Waals surface area contributed by atoms with E-state index in [1.54, 1.807) is 9.80 Å². The highest BCUT2D eigenvalue weighted by Gasteiger charge is 2.32. The number of carbonyl (C=O) groups excluding carboxylic acids is 2. The Balaban J connectivity index is 1.27. The second-order valence-corrected chi connectivity index (χ2v) is 8.74. The maximum Gasteiger partial charge on any atom is 0.325 e. The van der Waals surface area contributed by atoms with Crippen LogP contribution in [0.1, 0.15) is 30.9 Å². The van der Waals surface area contributed by atoms with E-state index >= 15 is 0 Å². The zero-order valence-corrected chi connectivity index (χ0v) is 18.5. The Labute approximate surface area is 185 Å². The van der Waals surface area contributed by atoms with Gasteiger partial charge < -0.3 is 9.80 Å². The van der Waals surface area contributed by atoms with Crippen LogP contribution in [0.5, 0.6) is 0 Å². The molecular formula is C25H32N4O2. The molecule has 164 valence electrons. The molecule has 2 heterocycles. The highest BCUT2D eigenvalue weighted by Crippen LogP contribution is 2.23. The maximum atomic E-state index is 12.9. The predicted octanol–water partition coefficient (Wildman–Crippen LogP) is 3.40. The smallest absolute Gasteiger partial charge is 0.325 e. The average molecular weight is 421 g/mol. The van der Waals surface area contributed by atoms with Crippen LogP contribution in [0, 0.1) is 0 Å². The largest absolute Gasteiger partial charge is 0.339 e. The van der Waals surface area contributed by atoms with Gasteiger partial charge in [-0.1, -0.05) is 56.3 Å². The molecule has 2 aliphatic heterocycles. The molecule has 6 heteroatoms. The number of benzene rings is 2. The molecule has 0 saturated carbocycles. The van der Waals surface area contributed by atoms with Gasteiger partial charge in [-0.25, -0.2) is 4.79 Å². The second kappa shape index (κ2) is 9.52. The van der Waals surface area contributed by atoms with E-state index < -0.39 is 0 Å². The first-order valence-electron chi connectivity index (χ1n) is 11.2. The third kappa shape index (κ3) is 5.07. The van der Waals surface area contributed by atoms with Gasteiger partial charge in [0.1, 0.15) is 6.54 Å². The lowest BCUT2D eigenvalue weighted by Crippen LogP contribution is -2.51. The highest BCUT2D eigenvalue weighted by atomic mass is 16.2. The molecule has 0 spiro atoms. The van der Waals surface area contributed by atoms with E-state index in [0.717, 1.165) is 25.3 Å². The molecule has 2 aromatic carbocycles. The van der Waals surface area contributed by atoms with E-state index in [1.807, 2.05) is 23.1 Å². The summed E-state index contributed by atoms with van der Waals surface area (Å²) in [6, 6.07) is 18.5. The van der Waals surface area contributed by atoms with Gasteiger partial charge in [0.15, 0.2) is 0 Å². The molecule has 6 nitrogen and oxygen atoms in total. The molecule has 0 radical (unpaired) electrons. The van der Waals surface area contributed by atoms with Crippen molar-refractivity contribution < 1.29 is 9.59 Å². The lowest BCUT2D eigenvalue weighted by molar-refractivity contribution is -0.133. The quantitative estimate of drug-likeness (QED) is 0.720. The van der Waals surface area contributed by atoms with E-state index in [4.69, 9.17) is 0 Å². The van der Waals surface area contributed by atoms with Gasteiger partial charge in [0.25, 0.3) is 0 Å². The van der Waals surface area contributed by atoms with E-state index in [9.17, 15) is 9.59 Å². The molecule has 0 bridgehead atoms. The molecule has 2 aliphatic rings. The zero-order chi connectivity index (χ0) is 21.8. The average Bonchev–Trinajstić information content (AvgIpc) is 3.15. The van der Waals surface area contributed by atoms with Gasteiger partial charge in [0, 0.05) is 51.5 Å². The van der Waals surface area contributed by atoms with Crippen LogP contribution in [-0.4, -0.2) is 72.5 Å². The highest BCUT2D eigenvalue weighted by molar-refractivity contribution is 5.96. The Bertz CT molecular complexity index is 889. The Hall–Kier alpha value is -2.86. The van der Waals surface area contributed by atoms with Crippen molar-refractivity contribution in [2.24, 2.45) is 0 Å². The molecule has 0 atom stereocenters. The van der Waals surface area contributed by atoms with Crippen molar-refractivity contribution in [1.29, 1.82) is 0 Å². The first-order valence-corrected chi connectivity index (χ1v) is 11.2. The van der Waals surface area contributed by atoms with Crippen LogP contribution in [0.2, 0.25) is 0 Å². The number of carbonyl (C=O) groups is 2. The topological polar surface area (TPSA) is 47.1 Å². The molecule has 0 N–H and O–H groups in total.